The van der Waals surface area contributed by atoms with Crippen molar-refractivity contribution in [2.45, 2.75) is 63.0 Å². The monoisotopic (exact) mass is 613 g/mol. The Morgan fingerprint density at radius 3 is 2.57 bits per heavy atom. The number of sulfonamides is 1. The van der Waals surface area contributed by atoms with Gasteiger partial charge in [0.1, 0.15) is 5.75 Å². The number of benzene rings is 2. The van der Waals surface area contributed by atoms with Crippen LogP contribution in [0.1, 0.15) is 67.4 Å². The zero-order valence-electron chi connectivity index (χ0n) is 24.6. The number of nitrogens with one attached hydrogen (secondary N) is 1. The molecule has 10 heteroatoms. The topological polar surface area (TPSA) is 96.0 Å². The summed E-state index contributed by atoms with van der Waals surface area (Å²) < 4.78 is 35.2. The molecular formula is C32H40ClN3O5S. The first kappa shape index (κ1) is 29.3. The fourth-order valence-electron chi connectivity index (χ4n) is 7.29. The van der Waals surface area contributed by atoms with Crippen LogP contribution in [0.4, 0.5) is 5.69 Å². The molecule has 2 heterocycles. The zero-order chi connectivity index (χ0) is 29.8. The van der Waals surface area contributed by atoms with E-state index in [0.29, 0.717) is 37.3 Å². The van der Waals surface area contributed by atoms with Crippen LogP contribution in [0.15, 0.2) is 36.4 Å². The van der Waals surface area contributed by atoms with Gasteiger partial charge < -0.3 is 14.5 Å². The van der Waals surface area contributed by atoms with Gasteiger partial charge in [0.15, 0.2) is 0 Å². The van der Waals surface area contributed by atoms with E-state index in [1.54, 1.807) is 36.9 Å². The van der Waals surface area contributed by atoms with Crippen LogP contribution in [-0.4, -0.2) is 63.7 Å². The molecule has 2 aromatic rings. The van der Waals surface area contributed by atoms with Crippen molar-refractivity contribution in [3.05, 3.63) is 58.1 Å². The van der Waals surface area contributed by atoms with Crippen LogP contribution in [0, 0.1) is 17.8 Å². The van der Waals surface area contributed by atoms with Gasteiger partial charge in [-0.25, -0.2) is 13.1 Å². The van der Waals surface area contributed by atoms with E-state index in [-0.39, 0.29) is 23.3 Å². The van der Waals surface area contributed by atoms with E-state index < -0.39 is 27.1 Å². The van der Waals surface area contributed by atoms with E-state index >= 15 is 0 Å². The lowest BCUT2D eigenvalue weighted by atomic mass is 9.69. The highest BCUT2D eigenvalue weighted by molar-refractivity contribution is 7.90. The Balaban J connectivity index is 1.42. The van der Waals surface area contributed by atoms with Crippen molar-refractivity contribution in [3.63, 3.8) is 0 Å². The molecule has 1 spiro atoms. The van der Waals surface area contributed by atoms with Crippen molar-refractivity contribution in [3.8, 4) is 5.75 Å². The Labute approximate surface area is 253 Å². The van der Waals surface area contributed by atoms with Crippen LogP contribution >= 0.6 is 11.6 Å². The van der Waals surface area contributed by atoms with Crippen LogP contribution < -0.4 is 14.4 Å². The van der Waals surface area contributed by atoms with Gasteiger partial charge in [-0.1, -0.05) is 24.6 Å². The molecule has 2 aromatic carbocycles. The molecule has 2 aliphatic carbocycles. The highest BCUT2D eigenvalue weighted by Crippen LogP contribution is 2.46. The molecule has 226 valence electrons. The third-order valence-electron chi connectivity index (χ3n) is 10.3. The number of rotatable bonds is 0. The molecule has 42 heavy (non-hydrogen) atoms. The quantitative estimate of drug-likeness (QED) is 0.459. The summed E-state index contributed by atoms with van der Waals surface area (Å²) in [6.07, 6.45) is 5.21. The zero-order valence-corrected chi connectivity index (χ0v) is 26.1. The smallest absolute Gasteiger partial charge is 0.264 e. The minimum absolute atomic E-state index is 0.0688. The first-order chi connectivity index (χ1) is 20.0. The van der Waals surface area contributed by atoms with Crippen molar-refractivity contribution in [2.75, 3.05) is 38.2 Å². The number of carbonyl (C=O) groups is 2. The Hall–Kier alpha value is -2.78. The number of fused-ring (bicyclic) bond motifs is 4. The molecule has 4 aliphatic rings. The second-order valence-corrected chi connectivity index (χ2v) is 15.5. The Morgan fingerprint density at radius 1 is 1.05 bits per heavy atom. The van der Waals surface area contributed by atoms with Gasteiger partial charge in [-0.3, -0.25) is 9.59 Å². The SMILES string of the molecule is C[C@@H]1[C@@H](C)CC(=O)N(C)C[C@@H]2CC[C@H]2CN2CC3(CCCc4cc(Cl)ccc43)COc3ccc(cc32)C(=O)NS1(=O)=O. The molecule has 2 bridgehead atoms. The minimum atomic E-state index is -4.01. The standard InChI is InChI=1S/C32H40ClN3O5S/c1-20-13-30(37)35(3)16-24-6-7-25(24)17-36-18-32(12-4-5-22-14-26(33)9-10-27(22)32)19-41-29-11-8-23(15-28(29)36)31(38)34-42(39,40)21(20)2/h8-11,14-15,20-21,24-25H,4-7,12-13,16-19H2,1-3H3,(H,34,38)/t20-,21+,24-,25-,32?/m0/s1. The van der Waals surface area contributed by atoms with Crippen molar-refractivity contribution in [2.24, 2.45) is 17.8 Å². The predicted octanol–water partition coefficient (Wildman–Crippen LogP) is 4.79. The Morgan fingerprint density at radius 2 is 1.81 bits per heavy atom. The Kier molecular flexibility index (Phi) is 7.71. The number of nitrogens with zero attached hydrogens (tertiary/aromatic N) is 2. The first-order valence-corrected chi connectivity index (χ1v) is 17.0. The summed E-state index contributed by atoms with van der Waals surface area (Å²) in [5, 5.41) is -0.178. The number of halogens is 1. The van der Waals surface area contributed by atoms with Crippen LogP contribution in [0.25, 0.3) is 0 Å². The van der Waals surface area contributed by atoms with Crippen LogP contribution in [0.5, 0.6) is 5.75 Å². The van der Waals surface area contributed by atoms with E-state index in [0.717, 1.165) is 49.4 Å². The summed E-state index contributed by atoms with van der Waals surface area (Å²) >= 11 is 6.39. The molecule has 1 unspecified atom stereocenters. The van der Waals surface area contributed by atoms with E-state index in [1.807, 2.05) is 13.1 Å². The highest BCUT2D eigenvalue weighted by atomic mass is 35.5. The lowest BCUT2D eigenvalue weighted by Gasteiger charge is -2.45. The van der Waals surface area contributed by atoms with Gasteiger partial charge in [-0.2, -0.15) is 0 Å². The molecule has 0 aromatic heterocycles. The maximum Gasteiger partial charge on any atom is 0.264 e. The molecular weight excluding hydrogens is 574 g/mol. The van der Waals surface area contributed by atoms with Crippen molar-refractivity contribution >= 4 is 39.1 Å². The van der Waals surface area contributed by atoms with E-state index in [2.05, 4.69) is 21.8 Å². The average Bonchev–Trinajstić information content (AvgIpc) is 3.09. The van der Waals surface area contributed by atoms with E-state index in [4.69, 9.17) is 16.3 Å². The summed E-state index contributed by atoms with van der Waals surface area (Å²) in [5.41, 5.74) is 3.35. The predicted molar refractivity (Wildman–Crippen MR) is 164 cm³/mol. The largest absolute Gasteiger partial charge is 0.490 e. The van der Waals surface area contributed by atoms with Gasteiger partial charge in [-0.05, 0) is 98.2 Å². The van der Waals surface area contributed by atoms with Gasteiger partial charge >= 0.3 is 0 Å². The van der Waals surface area contributed by atoms with Crippen LogP contribution in [0.3, 0.4) is 0 Å². The van der Waals surface area contributed by atoms with Crippen molar-refractivity contribution in [1.82, 2.24) is 9.62 Å². The van der Waals surface area contributed by atoms with Crippen molar-refractivity contribution in [1.29, 1.82) is 0 Å². The molecule has 0 saturated heterocycles. The van der Waals surface area contributed by atoms with Gasteiger partial charge in [-0.15, -0.1) is 0 Å². The molecule has 1 fully saturated rings. The molecule has 8 nitrogen and oxygen atoms in total. The second kappa shape index (κ2) is 11.1. The molecule has 2 amide bonds. The summed E-state index contributed by atoms with van der Waals surface area (Å²) in [7, 11) is -2.20. The van der Waals surface area contributed by atoms with Gasteiger partial charge in [0.05, 0.1) is 17.5 Å². The van der Waals surface area contributed by atoms with Gasteiger partial charge in [0.2, 0.25) is 15.9 Å². The lowest BCUT2D eigenvalue weighted by Crippen LogP contribution is -2.50. The maximum absolute atomic E-state index is 13.3. The molecule has 0 radical (unpaired) electrons. The summed E-state index contributed by atoms with van der Waals surface area (Å²) in [4.78, 5) is 30.6. The third kappa shape index (κ3) is 5.39. The number of carbonyl (C=O) groups excluding carboxylic acids is 2. The highest BCUT2D eigenvalue weighted by Gasteiger charge is 2.44. The first-order valence-electron chi connectivity index (χ1n) is 15.1. The van der Waals surface area contributed by atoms with Crippen LogP contribution in [0.2, 0.25) is 5.02 Å². The molecule has 2 aliphatic heterocycles. The number of hydrogen-bond donors (Lipinski definition) is 1. The van der Waals surface area contributed by atoms with Gasteiger partial charge in [0, 0.05) is 49.1 Å². The number of amides is 2. The molecule has 1 saturated carbocycles. The normalized spacial score (nSPS) is 31.2. The second-order valence-electron chi connectivity index (χ2n) is 13.0. The molecule has 1 N–H and O–H groups in total. The fraction of sp³-hybridized carbons (Fsp3) is 0.562. The van der Waals surface area contributed by atoms with E-state index in [9.17, 15) is 18.0 Å². The molecule has 6 rings (SSSR count). The summed E-state index contributed by atoms with van der Waals surface area (Å²) in [5.74, 6) is 0.245. The third-order valence-corrected chi connectivity index (χ3v) is 12.4. The summed E-state index contributed by atoms with van der Waals surface area (Å²) in [6.45, 7) is 5.94. The van der Waals surface area contributed by atoms with E-state index in [1.165, 1.54) is 11.1 Å². The average molecular weight is 614 g/mol. The number of aryl methyl sites for hydroxylation is 1. The maximum atomic E-state index is 13.3. The number of ether oxygens (including phenoxy) is 1. The number of anilines is 1. The summed E-state index contributed by atoms with van der Waals surface area (Å²) in [6, 6.07) is 11.4. The lowest BCUT2D eigenvalue weighted by molar-refractivity contribution is -0.132. The molecule has 5 atom stereocenters. The Bertz CT molecular complexity index is 1510. The van der Waals surface area contributed by atoms with Crippen LogP contribution in [-0.2, 0) is 26.7 Å². The minimum Gasteiger partial charge on any atom is -0.490 e. The fourth-order valence-corrected chi connectivity index (χ4v) is 8.76. The number of hydrogen-bond acceptors (Lipinski definition) is 6. The van der Waals surface area contributed by atoms with Crippen molar-refractivity contribution < 1.29 is 22.7 Å². The van der Waals surface area contributed by atoms with Gasteiger partial charge in [0.25, 0.3) is 5.91 Å².